The third-order valence-corrected chi connectivity index (χ3v) is 7.78. The number of nitro groups is 1. The maximum atomic E-state index is 13.8. The van der Waals surface area contributed by atoms with E-state index in [0.717, 1.165) is 11.1 Å². The van der Waals surface area contributed by atoms with E-state index in [2.05, 4.69) is 5.09 Å². The van der Waals surface area contributed by atoms with Crippen molar-refractivity contribution in [1.82, 2.24) is 5.09 Å². The summed E-state index contributed by atoms with van der Waals surface area (Å²) in [6.07, 6.45) is -0.299. The first kappa shape index (κ1) is 29.7. The van der Waals surface area contributed by atoms with Crippen molar-refractivity contribution in [3.8, 4) is 0 Å². The molecule has 0 radical (unpaired) electrons. The fraction of sp³-hybridized carbons (Fsp3) is 0.286. The van der Waals surface area contributed by atoms with Crippen LogP contribution < -0.4 is 5.09 Å². The lowest BCUT2D eigenvalue weighted by Gasteiger charge is -2.25. The molecule has 11 heteroatoms. The Morgan fingerprint density at radius 2 is 1.44 bits per heavy atom. The Labute approximate surface area is 226 Å². The quantitative estimate of drug-likeness (QED) is 0.111. The average molecular weight is 555 g/mol. The number of rotatable bonds is 15. The van der Waals surface area contributed by atoms with E-state index in [-0.39, 0.29) is 44.5 Å². The highest BCUT2D eigenvalue weighted by atomic mass is 31.2. The van der Waals surface area contributed by atoms with Crippen LogP contribution in [-0.2, 0) is 47.5 Å². The number of benzene rings is 3. The minimum Gasteiger partial charge on any atom is -0.461 e. The fourth-order valence-electron chi connectivity index (χ4n) is 3.67. The summed E-state index contributed by atoms with van der Waals surface area (Å²) in [4.78, 5) is 35.9. The molecule has 0 heterocycles. The zero-order valence-corrected chi connectivity index (χ0v) is 22.5. The van der Waals surface area contributed by atoms with E-state index in [9.17, 15) is 24.3 Å². The molecule has 0 bridgehead atoms. The smallest absolute Gasteiger partial charge is 0.323 e. The van der Waals surface area contributed by atoms with Crippen molar-refractivity contribution in [2.24, 2.45) is 0 Å². The zero-order chi connectivity index (χ0) is 28.1. The fourth-order valence-corrected chi connectivity index (χ4v) is 5.75. The van der Waals surface area contributed by atoms with Gasteiger partial charge in [-0.15, -0.1) is 0 Å². The minimum absolute atomic E-state index is 0.00238. The van der Waals surface area contributed by atoms with Crippen molar-refractivity contribution in [3.63, 3.8) is 0 Å². The van der Waals surface area contributed by atoms with E-state index in [4.69, 9.17) is 14.0 Å². The predicted molar refractivity (Wildman–Crippen MR) is 145 cm³/mol. The molecule has 0 amide bonds. The molecule has 3 rings (SSSR count). The summed E-state index contributed by atoms with van der Waals surface area (Å²) >= 11 is 0. The topological polar surface area (TPSA) is 134 Å². The Morgan fingerprint density at radius 3 is 1.97 bits per heavy atom. The van der Waals surface area contributed by atoms with E-state index in [0.29, 0.717) is 5.56 Å². The van der Waals surface area contributed by atoms with Crippen molar-refractivity contribution in [1.29, 1.82) is 0 Å². The second-order valence-electron chi connectivity index (χ2n) is 8.63. The van der Waals surface area contributed by atoms with Gasteiger partial charge in [0, 0.05) is 18.6 Å². The van der Waals surface area contributed by atoms with Crippen molar-refractivity contribution in [2.75, 3.05) is 6.61 Å². The maximum absolute atomic E-state index is 13.8. The van der Waals surface area contributed by atoms with Gasteiger partial charge in [-0.25, -0.2) is 5.09 Å². The van der Waals surface area contributed by atoms with E-state index in [1.165, 1.54) is 24.3 Å². The second kappa shape index (κ2) is 14.9. The Morgan fingerprint density at radius 1 is 0.872 bits per heavy atom. The third kappa shape index (κ3) is 10.1. The number of hydrogen-bond donors (Lipinski definition) is 1. The van der Waals surface area contributed by atoms with Gasteiger partial charge in [0.05, 0.1) is 17.7 Å². The summed E-state index contributed by atoms with van der Waals surface area (Å²) in [7, 11) is -3.68. The molecule has 0 aliphatic rings. The molecule has 1 N–H and O–H groups in total. The summed E-state index contributed by atoms with van der Waals surface area (Å²) in [5.41, 5.74) is 2.01. The molecule has 0 fully saturated rings. The van der Waals surface area contributed by atoms with Gasteiger partial charge in [-0.2, -0.15) is 0 Å². The number of nitro benzene ring substituents is 1. The van der Waals surface area contributed by atoms with Crippen LogP contribution in [0.15, 0.2) is 84.9 Å². The first-order valence-electron chi connectivity index (χ1n) is 12.4. The average Bonchev–Trinajstić information content (AvgIpc) is 2.94. The van der Waals surface area contributed by atoms with Crippen molar-refractivity contribution < 1.29 is 33.1 Å². The second-order valence-corrected chi connectivity index (χ2v) is 10.8. The number of nitrogens with zero attached hydrogens (tertiary/aromatic N) is 1. The molecule has 2 atom stereocenters. The molecule has 0 aliphatic carbocycles. The van der Waals surface area contributed by atoms with Crippen LogP contribution in [0.1, 0.15) is 36.5 Å². The van der Waals surface area contributed by atoms with Crippen LogP contribution in [0.25, 0.3) is 0 Å². The van der Waals surface area contributed by atoms with E-state index in [1.807, 2.05) is 48.5 Å². The molecule has 10 nitrogen and oxygen atoms in total. The highest BCUT2D eigenvalue weighted by molar-refractivity contribution is 7.56. The van der Waals surface area contributed by atoms with Gasteiger partial charge < -0.3 is 14.0 Å². The zero-order valence-electron chi connectivity index (χ0n) is 21.6. The van der Waals surface area contributed by atoms with Gasteiger partial charge in [-0.3, -0.25) is 24.3 Å². The monoisotopic (exact) mass is 554 g/mol. The van der Waals surface area contributed by atoms with Crippen molar-refractivity contribution >= 4 is 25.1 Å². The molecule has 0 aliphatic heterocycles. The lowest BCUT2D eigenvalue weighted by atomic mass is 10.1. The van der Waals surface area contributed by atoms with Gasteiger partial charge in [0.1, 0.15) is 19.3 Å². The van der Waals surface area contributed by atoms with Crippen LogP contribution in [0.4, 0.5) is 5.69 Å². The summed E-state index contributed by atoms with van der Waals surface area (Å²) in [5.74, 6) is -1.22. The normalized spacial score (nSPS) is 13.2. The van der Waals surface area contributed by atoms with Crippen LogP contribution in [0, 0.1) is 10.1 Å². The Hall–Kier alpha value is -3.85. The predicted octanol–water partition coefficient (Wildman–Crippen LogP) is 5.55. The highest BCUT2D eigenvalue weighted by Gasteiger charge is 2.32. The molecule has 0 saturated carbocycles. The molecule has 0 spiro atoms. The molecule has 1 unspecified atom stereocenters. The maximum Gasteiger partial charge on any atom is 0.323 e. The van der Waals surface area contributed by atoms with Crippen LogP contribution in [0.2, 0.25) is 0 Å². The molecule has 3 aromatic rings. The lowest BCUT2D eigenvalue weighted by Crippen LogP contribution is -2.37. The van der Waals surface area contributed by atoms with E-state index >= 15 is 0 Å². The summed E-state index contributed by atoms with van der Waals surface area (Å²) in [6.45, 7) is 1.83. The minimum atomic E-state index is -3.68. The van der Waals surface area contributed by atoms with Gasteiger partial charge in [-0.05, 0) is 30.0 Å². The van der Waals surface area contributed by atoms with Crippen molar-refractivity contribution in [2.45, 2.75) is 45.2 Å². The molecular weight excluding hydrogens is 523 g/mol. The number of hydrogen-bond acceptors (Lipinski definition) is 8. The first-order chi connectivity index (χ1) is 18.8. The number of nitrogens with one attached hydrogen (secondary N) is 1. The molecular formula is C28H31N2O8P. The highest BCUT2D eigenvalue weighted by Crippen LogP contribution is 2.47. The largest absolute Gasteiger partial charge is 0.461 e. The van der Waals surface area contributed by atoms with Crippen LogP contribution in [0.3, 0.4) is 0 Å². The molecule has 0 aromatic heterocycles. The molecule has 3 aromatic carbocycles. The number of non-ortho nitro benzene ring substituents is 1. The lowest BCUT2D eigenvalue weighted by molar-refractivity contribution is -0.384. The van der Waals surface area contributed by atoms with E-state index < -0.39 is 30.4 Å². The first-order valence-corrected chi connectivity index (χ1v) is 14.2. The van der Waals surface area contributed by atoms with Crippen molar-refractivity contribution in [3.05, 3.63) is 112 Å². The van der Waals surface area contributed by atoms with Gasteiger partial charge in [0.15, 0.2) is 0 Å². The van der Waals surface area contributed by atoms with Gasteiger partial charge in [0.2, 0.25) is 0 Å². The molecule has 39 heavy (non-hydrogen) atoms. The number of carbonyl (C=O) groups is 2. The van der Waals surface area contributed by atoms with Crippen LogP contribution in [-0.4, -0.2) is 29.5 Å². The number of carbonyl (C=O) groups excluding carboxylic acids is 2. The van der Waals surface area contributed by atoms with E-state index in [1.54, 1.807) is 19.1 Å². The Balaban J connectivity index is 1.70. The molecule has 0 saturated heterocycles. The van der Waals surface area contributed by atoms with Gasteiger partial charge >= 0.3 is 11.9 Å². The summed E-state index contributed by atoms with van der Waals surface area (Å²) in [6, 6.07) is 22.7. The molecule has 206 valence electrons. The Kier molecular flexibility index (Phi) is 11.4. The third-order valence-electron chi connectivity index (χ3n) is 5.62. The Bertz CT molecular complexity index is 1270. The number of esters is 2. The summed E-state index contributed by atoms with van der Waals surface area (Å²) < 4.78 is 30.1. The van der Waals surface area contributed by atoms with Gasteiger partial charge in [-0.1, -0.05) is 72.8 Å². The summed E-state index contributed by atoms with van der Waals surface area (Å²) in [5, 5.41) is 13.8. The van der Waals surface area contributed by atoms with Gasteiger partial charge in [0.25, 0.3) is 13.2 Å². The van der Waals surface area contributed by atoms with Crippen LogP contribution in [0.5, 0.6) is 0 Å². The van der Waals surface area contributed by atoms with Crippen LogP contribution >= 0.6 is 7.52 Å². The number of ether oxygens (including phenoxy) is 2. The standard InChI is InChI=1S/C28H31N2O8P/c1-2-38-39(35,21-24-13-15-25(16-14-24)30(33)34)29-26(28(32)37-20-23-11-7-4-8-12-23)17-18-27(31)36-19-22-9-5-3-6-10-22/h3-16,26H,2,17-21H2,1H3,(H,29,35)/t26-,39?/m0/s1. The SMILES string of the molecule is CCOP(=O)(Cc1ccc([N+](=O)[O-])cc1)N[C@@H](CCC(=O)OCc1ccccc1)C(=O)OCc1ccccc1.